The van der Waals surface area contributed by atoms with Gasteiger partial charge in [-0.2, -0.15) is 5.10 Å². The molecule has 0 saturated carbocycles. The minimum atomic E-state index is -0.179. The van der Waals surface area contributed by atoms with Gasteiger partial charge in [0.2, 0.25) is 0 Å². The number of rotatable bonds is 4. The molecule has 1 N–H and O–H groups in total. The van der Waals surface area contributed by atoms with Crippen molar-refractivity contribution in [2.24, 2.45) is 0 Å². The quantitative estimate of drug-likeness (QED) is 0.941. The molecule has 0 radical (unpaired) electrons. The molecule has 20 heavy (non-hydrogen) atoms. The normalized spacial score (nSPS) is 10.8. The molecule has 106 valence electrons. The molecule has 0 atom stereocenters. The Morgan fingerprint density at radius 3 is 2.60 bits per heavy atom. The lowest BCUT2D eigenvalue weighted by Crippen LogP contribution is -2.30. The molecule has 0 aliphatic heterocycles. The number of carbonyl (C=O) groups is 1. The van der Waals surface area contributed by atoms with Crippen LogP contribution in [0.3, 0.4) is 0 Å². The molecule has 0 unspecified atom stereocenters. The fourth-order valence-electron chi connectivity index (χ4n) is 2.01. The van der Waals surface area contributed by atoms with Crippen LogP contribution in [0.2, 0.25) is 5.15 Å². The molecular weight excluding hydrogens is 274 g/mol. The molecule has 1 amide bonds. The lowest BCUT2D eigenvalue weighted by Gasteiger charge is -2.08. The van der Waals surface area contributed by atoms with Crippen LogP contribution in [0.5, 0.6) is 0 Å². The monoisotopic (exact) mass is 291 g/mol. The summed E-state index contributed by atoms with van der Waals surface area (Å²) in [7, 11) is 0. The summed E-state index contributed by atoms with van der Waals surface area (Å²) < 4.78 is 1.65. The lowest BCUT2D eigenvalue weighted by atomic mass is 10.2. The second-order valence-electron chi connectivity index (χ2n) is 5.02. The number of benzene rings is 1. The zero-order chi connectivity index (χ0) is 14.7. The van der Waals surface area contributed by atoms with Crippen LogP contribution in [0.15, 0.2) is 30.3 Å². The number of hydrogen-bond donors (Lipinski definition) is 1. The molecule has 1 heterocycles. The second-order valence-corrected chi connectivity index (χ2v) is 5.38. The maximum atomic E-state index is 12.1. The molecule has 0 spiro atoms. The first-order valence-corrected chi connectivity index (χ1v) is 6.94. The Morgan fingerprint density at radius 1 is 1.35 bits per heavy atom. The van der Waals surface area contributed by atoms with E-state index < -0.39 is 0 Å². The highest BCUT2D eigenvalue weighted by molar-refractivity contribution is 6.33. The topological polar surface area (TPSA) is 46.9 Å². The van der Waals surface area contributed by atoms with Gasteiger partial charge in [0.15, 0.2) is 0 Å². The van der Waals surface area contributed by atoms with Crippen LogP contribution >= 0.6 is 11.6 Å². The van der Waals surface area contributed by atoms with Gasteiger partial charge in [0.1, 0.15) is 5.15 Å². The number of aryl methyl sites for hydroxylation is 1. The van der Waals surface area contributed by atoms with Gasteiger partial charge in [0.25, 0.3) is 5.91 Å². The molecule has 0 bridgehead atoms. The third-order valence-electron chi connectivity index (χ3n) is 2.89. The molecule has 1 aromatic heterocycles. The minimum Gasteiger partial charge on any atom is -0.350 e. The van der Waals surface area contributed by atoms with Crippen LogP contribution in [-0.2, 0) is 6.54 Å². The Kier molecular flexibility index (Phi) is 4.45. The molecule has 0 fully saturated rings. The van der Waals surface area contributed by atoms with Crippen molar-refractivity contribution in [2.45, 2.75) is 33.4 Å². The molecule has 2 rings (SSSR count). The highest BCUT2D eigenvalue weighted by atomic mass is 35.5. The van der Waals surface area contributed by atoms with E-state index in [1.165, 1.54) is 0 Å². The summed E-state index contributed by atoms with van der Waals surface area (Å²) in [6, 6.07) is 9.96. The van der Waals surface area contributed by atoms with Crippen molar-refractivity contribution in [3.63, 3.8) is 0 Å². The molecule has 5 heteroatoms. The third kappa shape index (κ3) is 3.20. The largest absolute Gasteiger partial charge is 0.350 e. The van der Waals surface area contributed by atoms with Crippen LogP contribution in [-0.4, -0.2) is 21.7 Å². The van der Waals surface area contributed by atoms with Crippen LogP contribution in [0.1, 0.15) is 35.5 Å². The molecule has 0 aliphatic carbocycles. The third-order valence-corrected chi connectivity index (χ3v) is 3.27. The zero-order valence-electron chi connectivity index (χ0n) is 11.9. The van der Waals surface area contributed by atoms with Crippen molar-refractivity contribution in [1.29, 1.82) is 0 Å². The predicted octanol–water partition coefficient (Wildman–Crippen LogP) is 3.03. The summed E-state index contributed by atoms with van der Waals surface area (Å²) in [6.45, 7) is 6.17. The first-order valence-electron chi connectivity index (χ1n) is 6.56. The van der Waals surface area contributed by atoms with E-state index >= 15 is 0 Å². The van der Waals surface area contributed by atoms with E-state index in [2.05, 4.69) is 10.4 Å². The van der Waals surface area contributed by atoms with E-state index in [-0.39, 0.29) is 11.9 Å². The summed E-state index contributed by atoms with van der Waals surface area (Å²) >= 11 is 6.30. The fraction of sp³-hybridized carbons (Fsp3) is 0.333. The van der Waals surface area contributed by atoms with E-state index in [0.29, 0.717) is 23.0 Å². The van der Waals surface area contributed by atoms with Crippen LogP contribution in [0.25, 0.3) is 0 Å². The van der Waals surface area contributed by atoms with Gasteiger partial charge in [0, 0.05) is 6.04 Å². The summed E-state index contributed by atoms with van der Waals surface area (Å²) in [5, 5.41) is 7.58. The number of nitrogens with zero attached hydrogens (tertiary/aromatic N) is 2. The molecule has 1 aromatic carbocycles. The van der Waals surface area contributed by atoms with Gasteiger partial charge in [-0.3, -0.25) is 4.79 Å². The van der Waals surface area contributed by atoms with E-state index in [9.17, 15) is 4.79 Å². The average molecular weight is 292 g/mol. The highest BCUT2D eigenvalue weighted by Crippen LogP contribution is 2.21. The molecule has 4 nitrogen and oxygen atoms in total. The maximum Gasteiger partial charge on any atom is 0.256 e. The van der Waals surface area contributed by atoms with Crippen molar-refractivity contribution >= 4 is 17.5 Å². The Balaban J connectivity index is 2.27. The average Bonchev–Trinajstić information content (AvgIpc) is 2.65. The predicted molar refractivity (Wildman–Crippen MR) is 80.1 cm³/mol. The van der Waals surface area contributed by atoms with Gasteiger partial charge >= 0.3 is 0 Å². The molecule has 0 saturated heterocycles. The molecular formula is C15H18ClN3O. The number of hydrogen-bond acceptors (Lipinski definition) is 2. The van der Waals surface area contributed by atoms with Gasteiger partial charge in [-0.1, -0.05) is 41.9 Å². The summed E-state index contributed by atoms with van der Waals surface area (Å²) in [5.74, 6) is -0.179. The summed E-state index contributed by atoms with van der Waals surface area (Å²) in [4.78, 5) is 12.1. The summed E-state index contributed by atoms with van der Waals surface area (Å²) in [6.07, 6.45) is 0. The first kappa shape index (κ1) is 14.6. The number of amides is 1. The Labute approximate surface area is 123 Å². The van der Waals surface area contributed by atoms with E-state index in [1.54, 1.807) is 11.6 Å². The van der Waals surface area contributed by atoms with Crippen molar-refractivity contribution in [2.75, 3.05) is 0 Å². The SMILES string of the molecule is Cc1nn(Cc2ccccc2)c(Cl)c1C(=O)NC(C)C. The van der Waals surface area contributed by atoms with Crippen molar-refractivity contribution < 1.29 is 4.79 Å². The Hall–Kier alpha value is -1.81. The van der Waals surface area contributed by atoms with Crippen molar-refractivity contribution in [3.05, 3.63) is 52.3 Å². The Bertz CT molecular complexity index is 605. The number of carbonyl (C=O) groups excluding carboxylic acids is 1. The second kappa shape index (κ2) is 6.09. The maximum absolute atomic E-state index is 12.1. The van der Waals surface area contributed by atoms with Gasteiger partial charge in [-0.25, -0.2) is 4.68 Å². The van der Waals surface area contributed by atoms with Gasteiger partial charge in [-0.15, -0.1) is 0 Å². The van der Waals surface area contributed by atoms with Crippen LogP contribution in [0.4, 0.5) is 0 Å². The fourth-order valence-corrected chi connectivity index (χ4v) is 2.33. The van der Waals surface area contributed by atoms with Crippen molar-refractivity contribution in [1.82, 2.24) is 15.1 Å². The van der Waals surface area contributed by atoms with Crippen LogP contribution < -0.4 is 5.32 Å². The standard InChI is InChI=1S/C15H18ClN3O/c1-10(2)17-15(20)13-11(3)18-19(14(13)16)9-12-7-5-4-6-8-12/h4-8,10H,9H2,1-3H3,(H,17,20). The highest BCUT2D eigenvalue weighted by Gasteiger charge is 2.20. The summed E-state index contributed by atoms with van der Waals surface area (Å²) in [5.41, 5.74) is 2.19. The van der Waals surface area contributed by atoms with Gasteiger partial charge in [-0.05, 0) is 26.3 Å². The molecule has 0 aliphatic rings. The number of halogens is 1. The zero-order valence-corrected chi connectivity index (χ0v) is 12.6. The lowest BCUT2D eigenvalue weighted by molar-refractivity contribution is 0.0942. The van der Waals surface area contributed by atoms with Crippen molar-refractivity contribution in [3.8, 4) is 0 Å². The number of nitrogens with one attached hydrogen (secondary N) is 1. The number of aromatic nitrogens is 2. The Morgan fingerprint density at radius 2 is 2.00 bits per heavy atom. The van der Waals surface area contributed by atoms with E-state index in [1.807, 2.05) is 44.2 Å². The van der Waals surface area contributed by atoms with E-state index in [0.717, 1.165) is 5.56 Å². The molecule has 2 aromatic rings. The van der Waals surface area contributed by atoms with Crippen LogP contribution in [0, 0.1) is 6.92 Å². The minimum absolute atomic E-state index is 0.0652. The smallest absolute Gasteiger partial charge is 0.256 e. The first-order chi connectivity index (χ1) is 9.49. The van der Waals surface area contributed by atoms with Gasteiger partial charge < -0.3 is 5.32 Å². The van der Waals surface area contributed by atoms with Gasteiger partial charge in [0.05, 0.1) is 17.8 Å². The van der Waals surface area contributed by atoms with E-state index in [4.69, 9.17) is 11.6 Å².